The Bertz CT molecular complexity index is 333. The molecule has 0 saturated carbocycles. The molecule has 1 aliphatic rings. The van der Waals surface area contributed by atoms with E-state index in [0.29, 0.717) is 5.78 Å². The molecule has 16 heavy (non-hydrogen) atoms. The summed E-state index contributed by atoms with van der Waals surface area (Å²) >= 11 is 0. The maximum atomic E-state index is 11.8. The van der Waals surface area contributed by atoms with Crippen LogP contribution in [-0.4, -0.2) is 11.8 Å². The SMILES string of the molecule is CC.CC(C)C(=O)C1Cc2ccccc2N1. The Morgan fingerprint density at radius 3 is 2.50 bits per heavy atom. The Morgan fingerprint density at radius 2 is 1.94 bits per heavy atom. The minimum absolute atomic E-state index is 0.00704. The largest absolute Gasteiger partial charge is 0.375 e. The minimum atomic E-state index is -0.00704. The fraction of sp³-hybridized carbons (Fsp3) is 0.500. The van der Waals surface area contributed by atoms with Crippen LogP contribution in [0.25, 0.3) is 0 Å². The van der Waals surface area contributed by atoms with Crippen molar-refractivity contribution in [2.24, 2.45) is 5.92 Å². The number of anilines is 1. The van der Waals surface area contributed by atoms with Crippen molar-refractivity contribution in [1.29, 1.82) is 0 Å². The summed E-state index contributed by atoms with van der Waals surface area (Å²) in [4.78, 5) is 11.8. The fourth-order valence-electron chi connectivity index (χ4n) is 1.87. The number of hydrogen-bond donors (Lipinski definition) is 1. The van der Waals surface area contributed by atoms with Crippen LogP contribution in [0.2, 0.25) is 0 Å². The van der Waals surface area contributed by atoms with Crippen LogP contribution >= 0.6 is 0 Å². The first-order valence-electron chi connectivity index (χ1n) is 6.06. The number of rotatable bonds is 2. The molecular weight excluding hydrogens is 198 g/mol. The quantitative estimate of drug-likeness (QED) is 0.827. The van der Waals surface area contributed by atoms with Gasteiger partial charge in [0.1, 0.15) is 0 Å². The summed E-state index contributed by atoms with van der Waals surface area (Å²) in [5, 5.41) is 3.27. The van der Waals surface area contributed by atoms with Crippen molar-refractivity contribution in [1.82, 2.24) is 0 Å². The monoisotopic (exact) mass is 219 g/mol. The Hall–Kier alpha value is -1.31. The zero-order valence-electron chi connectivity index (χ0n) is 10.6. The first-order valence-corrected chi connectivity index (χ1v) is 6.06. The zero-order chi connectivity index (χ0) is 12.1. The van der Waals surface area contributed by atoms with Crippen molar-refractivity contribution in [2.75, 3.05) is 5.32 Å². The highest BCUT2D eigenvalue weighted by Gasteiger charge is 2.27. The van der Waals surface area contributed by atoms with Gasteiger partial charge >= 0.3 is 0 Å². The van der Waals surface area contributed by atoms with E-state index in [2.05, 4.69) is 11.4 Å². The van der Waals surface area contributed by atoms with Crippen LogP contribution in [0.5, 0.6) is 0 Å². The van der Waals surface area contributed by atoms with Crippen molar-refractivity contribution in [3.63, 3.8) is 0 Å². The minimum Gasteiger partial charge on any atom is -0.375 e. The topological polar surface area (TPSA) is 29.1 Å². The third-order valence-electron chi connectivity index (χ3n) is 2.68. The van der Waals surface area contributed by atoms with Crippen LogP contribution in [0.15, 0.2) is 24.3 Å². The molecule has 0 aliphatic carbocycles. The molecule has 1 aliphatic heterocycles. The van der Waals surface area contributed by atoms with Gasteiger partial charge in [0.2, 0.25) is 0 Å². The number of nitrogens with one attached hydrogen (secondary N) is 1. The molecule has 88 valence electrons. The molecule has 1 unspecified atom stereocenters. The maximum Gasteiger partial charge on any atom is 0.157 e. The molecule has 2 rings (SSSR count). The maximum absolute atomic E-state index is 11.8. The van der Waals surface area contributed by atoms with Crippen LogP contribution < -0.4 is 5.32 Å². The average molecular weight is 219 g/mol. The van der Waals surface area contributed by atoms with E-state index >= 15 is 0 Å². The highest BCUT2D eigenvalue weighted by molar-refractivity contribution is 5.90. The van der Waals surface area contributed by atoms with Gasteiger partial charge in [0.15, 0.2) is 5.78 Å². The number of benzene rings is 1. The summed E-state index contributed by atoms with van der Waals surface area (Å²) in [6, 6.07) is 8.11. The second-order valence-electron chi connectivity index (χ2n) is 4.12. The second-order valence-corrected chi connectivity index (χ2v) is 4.12. The number of ketones is 1. The van der Waals surface area contributed by atoms with Gasteiger partial charge in [-0.25, -0.2) is 0 Å². The number of Topliss-reactive ketones (excluding diaryl/α,β-unsaturated/α-hetero) is 1. The molecule has 0 fully saturated rings. The molecule has 0 spiro atoms. The predicted octanol–water partition coefficient (Wildman–Crippen LogP) is 3.27. The van der Waals surface area contributed by atoms with Gasteiger partial charge in [-0.15, -0.1) is 0 Å². The lowest BCUT2D eigenvalue weighted by Crippen LogP contribution is -2.30. The smallest absolute Gasteiger partial charge is 0.157 e. The summed E-state index contributed by atoms with van der Waals surface area (Å²) in [5.74, 6) is 0.419. The zero-order valence-corrected chi connectivity index (χ0v) is 10.6. The van der Waals surface area contributed by atoms with E-state index in [1.165, 1.54) is 5.56 Å². The van der Waals surface area contributed by atoms with Crippen molar-refractivity contribution < 1.29 is 4.79 Å². The summed E-state index contributed by atoms with van der Waals surface area (Å²) < 4.78 is 0. The van der Waals surface area contributed by atoms with Gasteiger partial charge in [0.25, 0.3) is 0 Å². The van der Waals surface area contributed by atoms with Crippen molar-refractivity contribution in [3.8, 4) is 0 Å². The summed E-state index contributed by atoms with van der Waals surface area (Å²) in [6.45, 7) is 7.90. The van der Waals surface area contributed by atoms with E-state index in [1.807, 2.05) is 45.9 Å². The molecule has 0 bridgehead atoms. The number of carbonyl (C=O) groups excluding carboxylic acids is 1. The number of fused-ring (bicyclic) bond motifs is 1. The van der Waals surface area contributed by atoms with Gasteiger partial charge < -0.3 is 5.32 Å². The van der Waals surface area contributed by atoms with Crippen LogP contribution in [-0.2, 0) is 11.2 Å². The molecule has 1 aromatic rings. The molecule has 0 radical (unpaired) electrons. The standard InChI is InChI=1S/C12H15NO.C2H6/c1-8(2)12(14)11-7-9-5-3-4-6-10(9)13-11;1-2/h3-6,8,11,13H,7H2,1-2H3;1-2H3. The normalized spacial score (nSPS) is 17.2. The van der Waals surface area contributed by atoms with Crippen molar-refractivity contribution in [2.45, 2.75) is 40.2 Å². The van der Waals surface area contributed by atoms with Crippen LogP contribution in [0.1, 0.15) is 33.3 Å². The molecule has 2 nitrogen and oxygen atoms in total. The van der Waals surface area contributed by atoms with Gasteiger partial charge in [0, 0.05) is 18.0 Å². The molecule has 2 heteroatoms. The van der Waals surface area contributed by atoms with Crippen molar-refractivity contribution >= 4 is 11.5 Å². The lowest BCUT2D eigenvalue weighted by atomic mass is 9.99. The average Bonchev–Trinajstić information content (AvgIpc) is 2.74. The van der Waals surface area contributed by atoms with Gasteiger partial charge in [-0.2, -0.15) is 0 Å². The third-order valence-corrected chi connectivity index (χ3v) is 2.68. The van der Waals surface area contributed by atoms with E-state index in [4.69, 9.17) is 0 Å². The summed E-state index contributed by atoms with van der Waals surface area (Å²) in [6.07, 6.45) is 0.840. The predicted molar refractivity (Wildman–Crippen MR) is 68.7 cm³/mol. The molecule has 0 saturated heterocycles. The van der Waals surface area contributed by atoms with Crippen LogP contribution in [0, 0.1) is 5.92 Å². The Balaban J connectivity index is 0.000000606. The first-order chi connectivity index (χ1) is 7.68. The summed E-state index contributed by atoms with van der Waals surface area (Å²) in [7, 11) is 0. The van der Waals surface area contributed by atoms with Crippen LogP contribution in [0.3, 0.4) is 0 Å². The molecule has 1 aromatic carbocycles. The van der Waals surface area contributed by atoms with E-state index in [9.17, 15) is 4.79 Å². The lowest BCUT2D eigenvalue weighted by molar-refractivity contribution is -0.122. The molecular formula is C14H21NO. The molecule has 1 N–H and O–H groups in total. The lowest BCUT2D eigenvalue weighted by Gasteiger charge is -2.12. The highest BCUT2D eigenvalue weighted by atomic mass is 16.1. The van der Waals surface area contributed by atoms with E-state index in [0.717, 1.165) is 12.1 Å². The van der Waals surface area contributed by atoms with Gasteiger partial charge in [-0.1, -0.05) is 45.9 Å². The molecule has 1 atom stereocenters. The Labute approximate surface area is 98.1 Å². The number of hydrogen-bond acceptors (Lipinski definition) is 2. The third kappa shape index (κ3) is 2.63. The fourth-order valence-corrected chi connectivity index (χ4v) is 1.87. The van der Waals surface area contributed by atoms with E-state index in [1.54, 1.807) is 0 Å². The number of para-hydroxylation sites is 1. The molecule has 1 heterocycles. The van der Waals surface area contributed by atoms with E-state index < -0.39 is 0 Å². The van der Waals surface area contributed by atoms with Gasteiger partial charge in [-0.3, -0.25) is 4.79 Å². The van der Waals surface area contributed by atoms with Gasteiger partial charge in [-0.05, 0) is 11.6 Å². The van der Waals surface area contributed by atoms with E-state index in [-0.39, 0.29) is 12.0 Å². The van der Waals surface area contributed by atoms with Crippen LogP contribution in [0.4, 0.5) is 5.69 Å². The first kappa shape index (κ1) is 12.8. The van der Waals surface area contributed by atoms with Crippen molar-refractivity contribution in [3.05, 3.63) is 29.8 Å². The summed E-state index contributed by atoms with van der Waals surface area (Å²) in [5.41, 5.74) is 2.37. The second kappa shape index (κ2) is 5.69. The Kier molecular flexibility index (Phi) is 4.53. The molecule has 0 aromatic heterocycles. The highest BCUT2D eigenvalue weighted by Crippen LogP contribution is 2.26. The Morgan fingerprint density at radius 1 is 1.31 bits per heavy atom. The van der Waals surface area contributed by atoms with Gasteiger partial charge in [0.05, 0.1) is 6.04 Å². The number of carbonyl (C=O) groups is 1. The molecule has 0 amide bonds.